The van der Waals surface area contributed by atoms with Gasteiger partial charge in [-0.3, -0.25) is 10.1 Å². The normalized spacial score (nSPS) is 19.3. The standard InChI is InChI=1S/C18H12BrNO3/c19-14-10-12-8-4-5-9-13(12)16-15(11-6-2-1-3-7-11)18(20(21)22)23-17(14)16/h1-10,15,18H/t15-,18-/m0/s1. The van der Waals surface area contributed by atoms with Gasteiger partial charge in [-0.1, -0.05) is 54.6 Å². The molecule has 0 fully saturated rings. The number of hydrogen-bond acceptors (Lipinski definition) is 3. The smallest absolute Gasteiger partial charge is 0.365 e. The number of fused-ring (bicyclic) bond motifs is 3. The van der Waals surface area contributed by atoms with E-state index >= 15 is 0 Å². The summed E-state index contributed by atoms with van der Waals surface area (Å²) >= 11 is 3.50. The number of nitro groups is 1. The van der Waals surface area contributed by atoms with E-state index in [1.165, 1.54) is 0 Å². The molecule has 0 bridgehead atoms. The number of rotatable bonds is 2. The van der Waals surface area contributed by atoms with E-state index in [2.05, 4.69) is 15.9 Å². The molecule has 3 aromatic carbocycles. The Bertz CT molecular complexity index is 911. The number of benzene rings is 3. The molecule has 5 heteroatoms. The Morgan fingerprint density at radius 3 is 2.48 bits per heavy atom. The molecule has 0 spiro atoms. The van der Waals surface area contributed by atoms with Crippen molar-refractivity contribution in [1.82, 2.24) is 0 Å². The summed E-state index contributed by atoms with van der Waals surface area (Å²) in [5.41, 5.74) is 1.76. The molecule has 0 aromatic heterocycles. The first-order chi connectivity index (χ1) is 11.2. The minimum Gasteiger partial charge on any atom is -0.428 e. The Morgan fingerprint density at radius 2 is 1.74 bits per heavy atom. The fraction of sp³-hybridized carbons (Fsp3) is 0.111. The molecule has 2 atom stereocenters. The molecule has 0 unspecified atom stereocenters. The summed E-state index contributed by atoms with van der Waals surface area (Å²) in [5.74, 6) is 0.142. The van der Waals surface area contributed by atoms with E-state index in [-0.39, 0.29) is 4.92 Å². The minimum absolute atomic E-state index is 0.348. The van der Waals surface area contributed by atoms with Gasteiger partial charge in [0.15, 0.2) is 0 Å². The van der Waals surface area contributed by atoms with Crippen LogP contribution >= 0.6 is 15.9 Å². The molecular weight excluding hydrogens is 358 g/mol. The molecule has 4 nitrogen and oxygen atoms in total. The summed E-state index contributed by atoms with van der Waals surface area (Å²) in [4.78, 5) is 11.2. The fourth-order valence-electron chi connectivity index (χ4n) is 3.24. The molecule has 1 aliphatic rings. The van der Waals surface area contributed by atoms with Crippen molar-refractivity contribution in [3.8, 4) is 5.75 Å². The van der Waals surface area contributed by atoms with Crippen LogP contribution in [-0.4, -0.2) is 11.2 Å². The van der Waals surface area contributed by atoms with Crippen molar-refractivity contribution in [1.29, 1.82) is 0 Å². The van der Waals surface area contributed by atoms with E-state index in [1.807, 2.05) is 60.7 Å². The van der Waals surface area contributed by atoms with Gasteiger partial charge >= 0.3 is 6.23 Å². The van der Waals surface area contributed by atoms with Crippen molar-refractivity contribution in [2.45, 2.75) is 12.1 Å². The maximum atomic E-state index is 11.6. The van der Waals surface area contributed by atoms with Crippen molar-refractivity contribution in [3.05, 3.63) is 86.4 Å². The van der Waals surface area contributed by atoms with E-state index in [0.717, 1.165) is 26.4 Å². The van der Waals surface area contributed by atoms with Crippen molar-refractivity contribution in [2.75, 3.05) is 0 Å². The molecule has 1 heterocycles. The third-order valence-corrected chi connectivity index (χ3v) is 4.78. The monoisotopic (exact) mass is 369 g/mol. The van der Waals surface area contributed by atoms with Crippen LogP contribution in [0.25, 0.3) is 10.8 Å². The second kappa shape index (κ2) is 5.35. The van der Waals surface area contributed by atoms with Crippen LogP contribution in [0, 0.1) is 10.1 Å². The van der Waals surface area contributed by atoms with Crippen LogP contribution in [0.5, 0.6) is 5.75 Å². The Morgan fingerprint density at radius 1 is 1.04 bits per heavy atom. The van der Waals surface area contributed by atoms with Crippen LogP contribution in [-0.2, 0) is 0 Å². The van der Waals surface area contributed by atoms with Gasteiger partial charge in [0.25, 0.3) is 0 Å². The second-order valence-corrected chi connectivity index (χ2v) is 6.36. The van der Waals surface area contributed by atoms with Gasteiger partial charge in [-0.25, -0.2) is 0 Å². The Kier molecular flexibility index (Phi) is 3.31. The number of hydrogen-bond donors (Lipinski definition) is 0. The SMILES string of the molecule is O=[N+]([O-])[C@H]1Oc2c(Br)cc3ccccc3c2[C@@H]1c1ccccc1. The number of halogens is 1. The predicted molar refractivity (Wildman–Crippen MR) is 91.3 cm³/mol. The Hall–Kier alpha value is -2.40. The highest BCUT2D eigenvalue weighted by Gasteiger charge is 2.45. The van der Waals surface area contributed by atoms with E-state index in [4.69, 9.17) is 4.74 Å². The van der Waals surface area contributed by atoms with Gasteiger partial charge in [0.2, 0.25) is 0 Å². The lowest BCUT2D eigenvalue weighted by Gasteiger charge is -2.13. The van der Waals surface area contributed by atoms with Crippen molar-refractivity contribution in [2.24, 2.45) is 0 Å². The molecular formula is C18H12BrNO3. The average Bonchev–Trinajstić information content (AvgIpc) is 2.97. The minimum atomic E-state index is -1.12. The first-order valence-corrected chi connectivity index (χ1v) is 8.02. The van der Waals surface area contributed by atoms with Gasteiger partial charge in [-0.05, 0) is 38.3 Å². The lowest BCUT2D eigenvalue weighted by molar-refractivity contribution is -0.562. The fourth-order valence-corrected chi connectivity index (χ4v) is 3.79. The molecule has 1 aliphatic heterocycles. The third kappa shape index (κ3) is 2.19. The van der Waals surface area contributed by atoms with Crippen LogP contribution in [0.15, 0.2) is 65.1 Å². The quantitative estimate of drug-likeness (QED) is 0.484. The zero-order valence-corrected chi connectivity index (χ0v) is 13.6. The van der Waals surface area contributed by atoms with E-state index in [1.54, 1.807) is 0 Å². The summed E-state index contributed by atoms with van der Waals surface area (Å²) < 4.78 is 6.48. The van der Waals surface area contributed by atoms with Crippen LogP contribution in [0.4, 0.5) is 0 Å². The van der Waals surface area contributed by atoms with Gasteiger partial charge in [0, 0.05) is 5.56 Å². The third-order valence-electron chi connectivity index (χ3n) is 4.20. The number of ether oxygens (including phenoxy) is 1. The Balaban J connectivity index is 2.04. The summed E-state index contributed by atoms with van der Waals surface area (Å²) in [6.45, 7) is 0. The second-order valence-electron chi connectivity index (χ2n) is 5.50. The maximum Gasteiger partial charge on any atom is 0.365 e. The molecule has 23 heavy (non-hydrogen) atoms. The van der Waals surface area contributed by atoms with E-state index in [0.29, 0.717) is 5.75 Å². The van der Waals surface area contributed by atoms with Gasteiger partial charge in [-0.2, -0.15) is 0 Å². The van der Waals surface area contributed by atoms with Crippen molar-refractivity contribution < 1.29 is 9.66 Å². The lowest BCUT2D eigenvalue weighted by Crippen LogP contribution is -2.28. The van der Waals surface area contributed by atoms with E-state index in [9.17, 15) is 10.1 Å². The molecule has 114 valence electrons. The molecule has 0 N–H and O–H groups in total. The summed E-state index contributed by atoms with van der Waals surface area (Å²) in [6, 6.07) is 19.3. The number of nitrogens with zero attached hydrogens (tertiary/aromatic N) is 1. The van der Waals surface area contributed by atoms with Gasteiger partial charge in [0.05, 0.1) is 9.40 Å². The van der Waals surface area contributed by atoms with Crippen LogP contribution in [0.3, 0.4) is 0 Å². The molecule has 0 aliphatic carbocycles. The molecule has 0 amide bonds. The zero-order valence-electron chi connectivity index (χ0n) is 12.0. The van der Waals surface area contributed by atoms with Crippen molar-refractivity contribution >= 4 is 26.7 Å². The van der Waals surface area contributed by atoms with Crippen LogP contribution in [0.2, 0.25) is 0 Å². The predicted octanol–water partition coefficient (Wildman–Crippen LogP) is 4.73. The topological polar surface area (TPSA) is 52.4 Å². The zero-order chi connectivity index (χ0) is 16.0. The maximum absolute atomic E-state index is 11.6. The average molecular weight is 370 g/mol. The highest BCUT2D eigenvalue weighted by molar-refractivity contribution is 9.10. The highest BCUT2D eigenvalue weighted by Crippen LogP contribution is 2.49. The van der Waals surface area contributed by atoms with Crippen LogP contribution in [0.1, 0.15) is 17.0 Å². The van der Waals surface area contributed by atoms with Gasteiger partial charge < -0.3 is 4.74 Å². The molecule has 0 saturated carbocycles. The lowest BCUT2D eigenvalue weighted by atomic mass is 9.88. The molecule has 3 aromatic rings. The first-order valence-electron chi connectivity index (χ1n) is 7.23. The summed E-state index contributed by atoms with van der Waals surface area (Å²) in [7, 11) is 0. The first kappa shape index (κ1) is 14.2. The molecule has 4 rings (SSSR count). The highest BCUT2D eigenvalue weighted by atomic mass is 79.9. The van der Waals surface area contributed by atoms with Gasteiger partial charge in [-0.15, -0.1) is 0 Å². The molecule has 0 saturated heterocycles. The largest absolute Gasteiger partial charge is 0.428 e. The summed E-state index contributed by atoms with van der Waals surface area (Å²) in [6.07, 6.45) is -1.12. The van der Waals surface area contributed by atoms with Gasteiger partial charge in [0.1, 0.15) is 11.7 Å². The molecule has 0 radical (unpaired) electrons. The van der Waals surface area contributed by atoms with Crippen molar-refractivity contribution in [3.63, 3.8) is 0 Å². The van der Waals surface area contributed by atoms with Crippen LogP contribution < -0.4 is 4.74 Å². The summed E-state index contributed by atoms with van der Waals surface area (Å²) in [5, 5.41) is 13.6. The Labute approximate surface area is 141 Å². The van der Waals surface area contributed by atoms with E-state index < -0.39 is 12.1 Å².